The average Bonchev–Trinajstić information content (AvgIpc) is 2.40. The Morgan fingerprint density at radius 1 is 1.30 bits per heavy atom. The molecular weight excluding hydrogens is 252 g/mol. The molecule has 2 N–H and O–H groups in total. The highest BCUT2D eigenvalue weighted by molar-refractivity contribution is 6.02. The highest BCUT2D eigenvalue weighted by atomic mass is 16.3. The van der Waals surface area contributed by atoms with E-state index in [0.717, 1.165) is 10.8 Å². The van der Waals surface area contributed by atoms with Crippen LogP contribution in [-0.4, -0.2) is 17.2 Å². The van der Waals surface area contributed by atoms with Gasteiger partial charge >= 0.3 is 0 Å². The third-order valence-electron chi connectivity index (χ3n) is 2.92. The van der Waals surface area contributed by atoms with E-state index in [-0.39, 0.29) is 17.6 Å². The van der Waals surface area contributed by atoms with Gasteiger partial charge in [-0.3, -0.25) is 4.79 Å². The Labute approximate surface area is 118 Å². The summed E-state index contributed by atoms with van der Waals surface area (Å²) in [5.41, 5.74) is 3.08. The van der Waals surface area contributed by atoms with Crippen LogP contribution in [0.2, 0.25) is 0 Å². The summed E-state index contributed by atoms with van der Waals surface area (Å²) in [6, 6.07) is 11.2. The lowest BCUT2D eigenvalue weighted by molar-refractivity contribution is -0.121. The van der Waals surface area contributed by atoms with Crippen molar-refractivity contribution in [2.24, 2.45) is 11.0 Å². The van der Waals surface area contributed by atoms with E-state index in [1.807, 2.05) is 44.2 Å². The minimum absolute atomic E-state index is 0.129. The fourth-order valence-corrected chi connectivity index (χ4v) is 2.01. The molecule has 0 fully saturated rings. The molecule has 0 unspecified atom stereocenters. The number of phenols is 1. The summed E-state index contributed by atoms with van der Waals surface area (Å²) in [5.74, 6) is 0.303. The Morgan fingerprint density at radius 3 is 2.80 bits per heavy atom. The van der Waals surface area contributed by atoms with Crippen LogP contribution in [0.3, 0.4) is 0 Å². The molecule has 4 heteroatoms. The van der Waals surface area contributed by atoms with Gasteiger partial charge in [0.05, 0.1) is 6.21 Å². The first kappa shape index (κ1) is 14.1. The van der Waals surface area contributed by atoms with E-state index in [0.29, 0.717) is 12.0 Å². The van der Waals surface area contributed by atoms with E-state index in [1.54, 1.807) is 6.07 Å². The zero-order valence-electron chi connectivity index (χ0n) is 11.6. The van der Waals surface area contributed by atoms with Gasteiger partial charge in [0.1, 0.15) is 5.75 Å². The Balaban J connectivity index is 2.21. The van der Waals surface area contributed by atoms with E-state index in [2.05, 4.69) is 10.5 Å². The predicted molar refractivity (Wildman–Crippen MR) is 80.8 cm³/mol. The van der Waals surface area contributed by atoms with Gasteiger partial charge in [0.2, 0.25) is 5.91 Å². The van der Waals surface area contributed by atoms with Gasteiger partial charge in [-0.05, 0) is 22.8 Å². The van der Waals surface area contributed by atoms with E-state index in [1.165, 1.54) is 6.21 Å². The zero-order chi connectivity index (χ0) is 14.5. The van der Waals surface area contributed by atoms with Crippen molar-refractivity contribution >= 4 is 22.9 Å². The molecule has 2 aromatic rings. The van der Waals surface area contributed by atoms with Crippen LogP contribution in [0.4, 0.5) is 0 Å². The second kappa shape index (κ2) is 6.19. The van der Waals surface area contributed by atoms with Crippen molar-refractivity contribution in [1.82, 2.24) is 5.43 Å². The Hall–Kier alpha value is -2.36. The number of nitrogens with zero attached hydrogens (tertiary/aromatic N) is 1. The van der Waals surface area contributed by atoms with Gasteiger partial charge < -0.3 is 5.11 Å². The third-order valence-corrected chi connectivity index (χ3v) is 2.92. The molecule has 104 valence electrons. The standard InChI is InChI=1S/C16H18N2O2/c1-11(2)9-16(20)18-17-10-14-13-6-4-3-5-12(13)7-8-15(14)19/h3-8,10-11,19H,9H2,1-2H3,(H,18,20)/b17-10-. The second-order valence-electron chi connectivity index (χ2n) is 5.11. The summed E-state index contributed by atoms with van der Waals surface area (Å²) in [6.45, 7) is 3.94. The molecule has 0 bridgehead atoms. The number of rotatable bonds is 4. The van der Waals surface area contributed by atoms with Crippen LogP contribution in [0.15, 0.2) is 41.5 Å². The minimum Gasteiger partial charge on any atom is -0.507 e. The lowest BCUT2D eigenvalue weighted by Crippen LogP contribution is -2.19. The number of carbonyl (C=O) groups is 1. The molecule has 0 heterocycles. The number of benzene rings is 2. The summed E-state index contributed by atoms with van der Waals surface area (Å²) in [5, 5.41) is 15.7. The van der Waals surface area contributed by atoms with Gasteiger partial charge in [-0.15, -0.1) is 0 Å². The summed E-state index contributed by atoms with van der Waals surface area (Å²) in [7, 11) is 0. The van der Waals surface area contributed by atoms with Gasteiger partial charge in [-0.25, -0.2) is 5.43 Å². The molecule has 0 aliphatic rings. The summed E-state index contributed by atoms with van der Waals surface area (Å²) in [6.07, 6.45) is 1.91. The highest BCUT2D eigenvalue weighted by Gasteiger charge is 2.05. The number of hydrogen-bond donors (Lipinski definition) is 2. The van der Waals surface area contributed by atoms with E-state index in [4.69, 9.17) is 0 Å². The highest BCUT2D eigenvalue weighted by Crippen LogP contribution is 2.25. The van der Waals surface area contributed by atoms with Crippen molar-refractivity contribution in [3.05, 3.63) is 42.0 Å². The molecule has 0 radical (unpaired) electrons. The van der Waals surface area contributed by atoms with Gasteiger partial charge in [0, 0.05) is 12.0 Å². The quantitative estimate of drug-likeness (QED) is 0.662. The number of phenolic OH excluding ortho intramolecular Hbond substituents is 1. The van der Waals surface area contributed by atoms with Crippen LogP contribution in [0.1, 0.15) is 25.8 Å². The average molecular weight is 270 g/mol. The van der Waals surface area contributed by atoms with E-state index < -0.39 is 0 Å². The van der Waals surface area contributed by atoms with Crippen LogP contribution in [-0.2, 0) is 4.79 Å². The van der Waals surface area contributed by atoms with Crippen molar-refractivity contribution in [1.29, 1.82) is 0 Å². The summed E-state index contributed by atoms with van der Waals surface area (Å²) >= 11 is 0. The molecule has 1 amide bonds. The normalized spacial score (nSPS) is 11.3. The van der Waals surface area contributed by atoms with E-state index >= 15 is 0 Å². The maximum atomic E-state index is 11.5. The second-order valence-corrected chi connectivity index (χ2v) is 5.11. The number of nitrogens with one attached hydrogen (secondary N) is 1. The Morgan fingerprint density at radius 2 is 2.05 bits per heavy atom. The number of hydrogen-bond acceptors (Lipinski definition) is 3. The SMILES string of the molecule is CC(C)CC(=O)N/N=C\c1c(O)ccc2ccccc12. The maximum absolute atomic E-state index is 11.5. The first-order valence-corrected chi connectivity index (χ1v) is 6.60. The molecule has 0 saturated heterocycles. The Bertz CT molecular complexity index is 648. The number of hydrazone groups is 1. The summed E-state index contributed by atoms with van der Waals surface area (Å²) in [4.78, 5) is 11.5. The van der Waals surface area contributed by atoms with Gasteiger partial charge in [0.15, 0.2) is 0 Å². The van der Waals surface area contributed by atoms with Crippen molar-refractivity contribution in [3.8, 4) is 5.75 Å². The molecule has 0 aliphatic heterocycles. The number of fused-ring (bicyclic) bond motifs is 1. The van der Waals surface area contributed by atoms with Crippen LogP contribution >= 0.6 is 0 Å². The molecular formula is C16H18N2O2. The van der Waals surface area contributed by atoms with Gasteiger partial charge in [-0.1, -0.05) is 44.2 Å². The molecule has 0 spiro atoms. The molecule has 0 atom stereocenters. The molecule has 0 aromatic heterocycles. The van der Waals surface area contributed by atoms with Crippen LogP contribution < -0.4 is 5.43 Å². The predicted octanol–water partition coefficient (Wildman–Crippen LogP) is 3.04. The first-order chi connectivity index (χ1) is 9.58. The first-order valence-electron chi connectivity index (χ1n) is 6.60. The maximum Gasteiger partial charge on any atom is 0.240 e. The molecule has 2 aromatic carbocycles. The number of amides is 1. The van der Waals surface area contributed by atoms with Crippen molar-refractivity contribution in [2.45, 2.75) is 20.3 Å². The number of aromatic hydroxyl groups is 1. The third kappa shape index (κ3) is 3.35. The monoisotopic (exact) mass is 270 g/mol. The molecule has 2 rings (SSSR count). The molecule has 4 nitrogen and oxygen atoms in total. The van der Waals surface area contributed by atoms with Crippen LogP contribution in [0.5, 0.6) is 5.75 Å². The smallest absolute Gasteiger partial charge is 0.240 e. The van der Waals surface area contributed by atoms with Gasteiger partial charge in [-0.2, -0.15) is 5.10 Å². The van der Waals surface area contributed by atoms with Crippen molar-refractivity contribution in [3.63, 3.8) is 0 Å². The summed E-state index contributed by atoms with van der Waals surface area (Å²) < 4.78 is 0. The fourth-order valence-electron chi connectivity index (χ4n) is 2.01. The van der Waals surface area contributed by atoms with E-state index in [9.17, 15) is 9.90 Å². The lowest BCUT2D eigenvalue weighted by Gasteiger charge is -2.05. The minimum atomic E-state index is -0.129. The molecule has 0 saturated carbocycles. The Kier molecular flexibility index (Phi) is 4.35. The number of carbonyl (C=O) groups excluding carboxylic acids is 1. The van der Waals surface area contributed by atoms with Crippen molar-refractivity contribution < 1.29 is 9.90 Å². The lowest BCUT2D eigenvalue weighted by atomic mass is 10.0. The largest absolute Gasteiger partial charge is 0.507 e. The van der Waals surface area contributed by atoms with Crippen LogP contribution in [0, 0.1) is 5.92 Å². The zero-order valence-corrected chi connectivity index (χ0v) is 11.6. The fraction of sp³-hybridized carbons (Fsp3) is 0.250. The van der Waals surface area contributed by atoms with Crippen LogP contribution in [0.25, 0.3) is 10.8 Å². The molecule has 0 aliphatic carbocycles. The van der Waals surface area contributed by atoms with Crippen molar-refractivity contribution in [2.75, 3.05) is 0 Å². The molecule has 20 heavy (non-hydrogen) atoms. The van der Waals surface area contributed by atoms with Gasteiger partial charge in [0.25, 0.3) is 0 Å². The topological polar surface area (TPSA) is 61.7 Å².